The number of halogens is 2. The predicted octanol–water partition coefficient (Wildman–Crippen LogP) is 4.77. The third-order valence-corrected chi connectivity index (χ3v) is 6.15. The monoisotopic (exact) mass is 483 g/mol. The van der Waals surface area contributed by atoms with Gasteiger partial charge in [0, 0.05) is 29.1 Å². The summed E-state index contributed by atoms with van der Waals surface area (Å²) in [4.78, 5) is 15.5. The molecule has 1 saturated heterocycles. The highest BCUT2D eigenvalue weighted by Gasteiger charge is 2.22. The summed E-state index contributed by atoms with van der Waals surface area (Å²) in [7, 11) is 0. The van der Waals surface area contributed by atoms with Gasteiger partial charge < -0.3 is 4.90 Å². The van der Waals surface area contributed by atoms with Crippen LogP contribution in [0.1, 0.15) is 18.4 Å². The third-order valence-electron chi connectivity index (χ3n) is 5.40. The highest BCUT2D eigenvalue weighted by molar-refractivity contribution is 9.10. The minimum atomic E-state index is -0.0834. The van der Waals surface area contributed by atoms with Crippen LogP contribution in [0.2, 0.25) is 5.02 Å². The smallest absolute Gasteiger partial charge is 0.263 e. The van der Waals surface area contributed by atoms with Crippen LogP contribution in [-0.4, -0.2) is 32.3 Å². The number of fused-ring (bicyclic) bond motifs is 3. The van der Waals surface area contributed by atoms with Crippen molar-refractivity contribution < 1.29 is 0 Å². The molecule has 152 valence electrons. The summed E-state index contributed by atoms with van der Waals surface area (Å²) in [6, 6.07) is 13.3. The van der Waals surface area contributed by atoms with Gasteiger partial charge >= 0.3 is 0 Å². The summed E-state index contributed by atoms with van der Waals surface area (Å²) < 4.78 is 4.55. The van der Waals surface area contributed by atoms with Crippen molar-refractivity contribution in [2.45, 2.75) is 19.4 Å². The van der Waals surface area contributed by atoms with Crippen LogP contribution in [0.25, 0.3) is 22.8 Å². The van der Waals surface area contributed by atoms with Crippen LogP contribution < -0.4 is 10.5 Å². The topological polar surface area (TPSA) is 55.4 Å². The molecule has 1 aliphatic heterocycles. The first-order valence-corrected chi connectivity index (χ1v) is 11.0. The second kappa shape index (κ2) is 7.89. The molecule has 0 aliphatic carbocycles. The van der Waals surface area contributed by atoms with Gasteiger partial charge in [-0.15, -0.1) is 10.2 Å². The van der Waals surface area contributed by atoms with E-state index in [1.165, 1.54) is 0 Å². The fourth-order valence-electron chi connectivity index (χ4n) is 3.92. The second-order valence-electron chi connectivity index (χ2n) is 7.36. The maximum absolute atomic E-state index is 13.3. The molecule has 1 aliphatic rings. The van der Waals surface area contributed by atoms with Crippen molar-refractivity contribution in [1.29, 1.82) is 0 Å². The van der Waals surface area contributed by atoms with Gasteiger partial charge in [0.1, 0.15) is 0 Å². The Morgan fingerprint density at radius 1 is 1.07 bits per heavy atom. The minimum Gasteiger partial charge on any atom is -0.341 e. The van der Waals surface area contributed by atoms with Crippen LogP contribution in [0.3, 0.4) is 0 Å². The molecule has 0 bridgehead atoms. The quantitative estimate of drug-likeness (QED) is 0.418. The number of rotatable bonds is 4. The fraction of sp³-hybridized carbons (Fsp3) is 0.227. The molecule has 4 aromatic rings. The van der Waals surface area contributed by atoms with E-state index < -0.39 is 0 Å². The number of hydrogen-bond acceptors (Lipinski definition) is 4. The molecule has 5 rings (SSSR count). The van der Waals surface area contributed by atoms with Gasteiger partial charge in [0.05, 0.1) is 10.9 Å². The predicted molar refractivity (Wildman–Crippen MR) is 124 cm³/mol. The van der Waals surface area contributed by atoms with Gasteiger partial charge in [-0.05, 0) is 48.7 Å². The van der Waals surface area contributed by atoms with Gasteiger partial charge in [0.25, 0.3) is 5.56 Å². The molecule has 30 heavy (non-hydrogen) atoms. The highest BCUT2D eigenvalue weighted by atomic mass is 79.9. The van der Waals surface area contributed by atoms with Crippen molar-refractivity contribution >= 4 is 56.2 Å². The Kier molecular flexibility index (Phi) is 5.08. The van der Waals surface area contributed by atoms with Crippen molar-refractivity contribution in [3.63, 3.8) is 0 Å². The molecule has 0 atom stereocenters. The molecule has 0 amide bonds. The Balaban J connectivity index is 1.65. The molecular weight excluding hydrogens is 466 g/mol. The first kappa shape index (κ1) is 19.3. The SMILES string of the molecule is O=c1c2cc(Br)ccc2n2c(N3CCCC3)nnc2n1CC=Cc1ccc(Cl)cc1. The van der Waals surface area contributed by atoms with Crippen LogP contribution in [0.4, 0.5) is 5.95 Å². The van der Waals surface area contributed by atoms with Crippen molar-refractivity contribution in [3.8, 4) is 0 Å². The third kappa shape index (κ3) is 3.42. The Bertz CT molecular complexity index is 1320. The zero-order valence-corrected chi connectivity index (χ0v) is 18.5. The Labute approximate surface area is 186 Å². The first-order chi connectivity index (χ1) is 14.6. The maximum atomic E-state index is 13.3. The summed E-state index contributed by atoms with van der Waals surface area (Å²) in [6.07, 6.45) is 6.21. The van der Waals surface area contributed by atoms with E-state index in [0.717, 1.165) is 47.4 Å². The van der Waals surface area contributed by atoms with Gasteiger partial charge in [0.2, 0.25) is 11.7 Å². The summed E-state index contributed by atoms with van der Waals surface area (Å²) in [5, 5.41) is 10.2. The first-order valence-electron chi connectivity index (χ1n) is 9.86. The summed E-state index contributed by atoms with van der Waals surface area (Å²) in [6.45, 7) is 2.30. The van der Waals surface area contributed by atoms with Crippen LogP contribution >= 0.6 is 27.5 Å². The molecule has 6 nitrogen and oxygen atoms in total. The van der Waals surface area contributed by atoms with Gasteiger partial charge in [-0.3, -0.25) is 9.36 Å². The number of aromatic nitrogens is 4. The van der Waals surface area contributed by atoms with E-state index in [0.29, 0.717) is 22.7 Å². The van der Waals surface area contributed by atoms with E-state index >= 15 is 0 Å². The van der Waals surface area contributed by atoms with E-state index in [1.807, 2.05) is 59.0 Å². The number of nitrogens with zero attached hydrogens (tertiary/aromatic N) is 5. The van der Waals surface area contributed by atoms with Crippen LogP contribution in [0, 0.1) is 0 Å². The molecule has 0 N–H and O–H groups in total. The molecule has 8 heteroatoms. The van der Waals surface area contributed by atoms with Crippen molar-refractivity contribution in [3.05, 3.63) is 74.0 Å². The maximum Gasteiger partial charge on any atom is 0.263 e. The van der Waals surface area contributed by atoms with Gasteiger partial charge in [-0.25, -0.2) is 4.40 Å². The van der Waals surface area contributed by atoms with Crippen LogP contribution in [0.15, 0.2) is 57.8 Å². The molecule has 1 fully saturated rings. The Morgan fingerprint density at radius 2 is 1.83 bits per heavy atom. The van der Waals surface area contributed by atoms with E-state index in [9.17, 15) is 4.79 Å². The normalized spacial score (nSPS) is 14.5. The average Bonchev–Trinajstić information content (AvgIpc) is 3.41. The Hall–Kier alpha value is -2.64. The second-order valence-corrected chi connectivity index (χ2v) is 8.71. The van der Waals surface area contributed by atoms with Crippen LogP contribution in [0.5, 0.6) is 0 Å². The largest absolute Gasteiger partial charge is 0.341 e. The van der Waals surface area contributed by atoms with E-state index in [1.54, 1.807) is 4.57 Å². The number of benzene rings is 2. The minimum absolute atomic E-state index is 0.0834. The fourth-order valence-corrected chi connectivity index (χ4v) is 4.41. The number of hydrogen-bond donors (Lipinski definition) is 0. The molecule has 3 heterocycles. The van der Waals surface area contributed by atoms with Crippen LogP contribution in [-0.2, 0) is 6.54 Å². The average molecular weight is 485 g/mol. The molecule has 2 aromatic carbocycles. The summed E-state index contributed by atoms with van der Waals surface area (Å²) in [5.74, 6) is 1.35. The lowest BCUT2D eigenvalue weighted by molar-refractivity contribution is 0.786. The van der Waals surface area contributed by atoms with E-state index in [-0.39, 0.29) is 5.56 Å². The standard InChI is InChI=1S/C22H19BrClN5O/c23-16-7-10-19-18(14-16)20(30)28(13-3-4-15-5-8-17(24)9-6-15)22-26-25-21(29(19)22)27-11-1-2-12-27/h3-10,14H,1-2,11-13H2. The van der Waals surface area contributed by atoms with E-state index in [2.05, 4.69) is 31.0 Å². The lowest BCUT2D eigenvalue weighted by Crippen LogP contribution is -2.25. The van der Waals surface area contributed by atoms with Crippen molar-refractivity contribution in [2.75, 3.05) is 18.0 Å². The van der Waals surface area contributed by atoms with Gasteiger partial charge in [-0.1, -0.05) is 51.8 Å². The van der Waals surface area contributed by atoms with Crippen molar-refractivity contribution in [1.82, 2.24) is 19.2 Å². The number of anilines is 1. The summed E-state index contributed by atoms with van der Waals surface area (Å²) in [5.41, 5.74) is 1.76. The van der Waals surface area contributed by atoms with Gasteiger partial charge in [-0.2, -0.15) is 0 Å². The molecule has 0 saturated carbocycles. The molecule has 0 spiro atoms. The lowest BCUT2D eigenvalue weighted by Gasteiger charge is -2.16. The summed E-state index contributed by atoms with van der Waals surface area (Å²) >= 11 is 9.45. The number of allylic oxidation sites excluding steroid dienone is 1. The molecule has 2 aromatic heterocycles. The zero-order chi connectivity index (χ0) is 20.7. The zero-order valence-electron chi connectivity index (χ0n) is 16.1. The van der Waals surface area contributed by atoms with Gasteiger partial charge in [0.15, 0.2) is 0 Å². The lowest BCUT2D eigenvalue weighted by atomic mass is 10.2. The van der Waals surface area contributed by atoms with E-state index in [4.69, 9.17) is 11.6 Å². The highest BCUT2D eigenvalue weighted by Crippen LogP contribution is 2.25. The molecule has 0 unspecified atom stereocenters. The molecule has 0 radical (unpaired) electrons. The molecular formula is C22H19BrClN5O. The Morgan fingerprint density at radius 3 is 2.60 bits per heavy atom. The van der Waals surface area contributed by atoms with Crippen molar-refractivity contribution in [2.24, 2.45) is 0 Å².